The van der Waals surface area contributed by atoms with E-state index in [1.807, 2.05) is 18.2 Å². The molecule has 0 radical (unpaired) electrons. The Morgan fingerprint density at radius 1 is 1.38 bits per heavy atom. The van der Waals surface area contributed by atoms with Crippen LogP contribution in [-0.4, -0.2) is 31.2 Å². The van der Waals surface area contributed by atoms with Crippen molar-refractivity contribution in [2.75, 3.05) is 20.2 Å². The molecule has 1 aromatic rings. The summed E-state index contributed by atoms with van der Waals surface area (Å²) in [5.41, 5.74) is 1.29. The van der Waals surface area contributed by atoms with Crippen molar-refractivity contribution in [2.45, 2.75) is 12.6 Å². The maximum Gasteiger partial charge on any atom is 0.0868 e. The summed E-state index contributed by atoms with van der Waals surface area (Å²) >= 11 is 0. The van der Waals surface area contributed by atoms with Crippen LogP contribution in [0.1, 0.15) is 5.56 Å². The Labute approximate surface area is 96.2 Å². The van der Waals surface area contributed by atoms with E-state index in [-0.39, 0.29) is 12.0 Å². The second-order valence-electron chi connectivity index (χ2n) is 4.19. The number of hydrogen-bond donors (Lipinski definition) is 0. The molecule has 1 aromatic carbocycles. The normalized spacial score (nSPS) is 25.5. The van der Waals surface area contributed by atoms with Crippen LogP contribution in [0.2, 0.25) is 0 Å². The standard InChI is InChI=1S/C13H16N2O/c1-16-13-10-15(9-12(13)7-14)8-11-5-3-2-4-6-11/h2-6,12-13H,8-10H2,1H3/t12-,13+/m1/s1. The fraction of sp³-hybridized carbons (Fsp3) is 0.462. The van der Waals surface area contributed by atoms with Crippen molar-refractivity contribution in [3.05, 3.63) is 35.9 Å². The van der Waals surface area contributed by atoms with Crippen molar-refractivity contribution in [1.29, 1.82) is 5.26 Å². The molecule has 2 rings (SSSR count). The number of hydrogen-bond acceptors (Lipinski definition) is 3. The van der Waals surface area contributed by atoms with E-state index in [9.17, 15) is 0 Å². The van der Waals surface area contributed by atoms with Gasteiger partial charge in [-0.05, 0) is 5.56 Å². The molecule has 0 unspecified atom stereocenters. The monoisotopic (exact) mass is 216 g/mol. The van der Waals surface area contributed by atoms with E-state index in [0.717, 1.165) is 19.6 Å². The van der Waals surface area contributed by atoms with Gasteiger partial charge in [-0.2, -0.15) is 5.26 Å². The van der Waals surface area contributed by atoms with Crippen molar-refractivity contribution in [3.63, 3.8) is 0 Å². The van der Waals surface area contributed by atoms with E-state index in [1.165, 1.54) is 5.56 Å². The highest BCUT2D eigenvalue weighted by Gasteiger charge is 2.32. The molecule has 3 nitrogen and oxygen atoms in total. The molecule has 3 heteroatoms. The Morgan fingerprint density at radius 2 is 2.12 bits per heavy atom. The fourth-order valence-electron chi connectivity index (χ4n) is 2.19. The van der Waals surface area contributed by atoms with Crippen LogP contribution in [-0.2, 0) is 11.3 Å². The van der Waals surface area contributed by atoms with Crippen LogP contribution in [0.3, 0.4) is 0 Å². The van der Waals surface area contributed by atoms with E-state index in [1.54, 1.807) is 7.11 Å². The van der Waals surface area contributed by atoms with Gasteiger partial charge in [0.1, 0.15) is 0 Å². The zero-order valence-corrected chi connectivity index (χ0v) is 9.47. The van der Waals surface area contributed by atoms with Crippen molar-refractivity contribution in [3.8, 4) is 6.07 Å². The molecule has 0 amide bonds. The summed E-state index contributed by atoms with van der Waals surface area (Å²) < 4.78 is 5.32. The number of benzene rings is 1. The zero-order valence-electron chi connectivity index (χ0n) is 9.47. The Bertz CT molecular complexity index is 371. The lowest BCUT2D eigenvalue weighted by atomic mass is 10.1. The van der Waals surface area contributed by atoms with E-state index >= 15 is 0 Å². The molecule has 0 aromatic heterocycles. The molecule has 0 N–H and O–H groups in total. The Kier molecular flexibility index (Phi) is 3.55. The first kappa shape index (κ1) is 11.1. The smallest absolute Gasteiger partial charge is 0.0868 e. The quantitative estimate of drug-likeness (QED) is 0.771. The maximum absolute atomic E-state index is 8.99. The average Bonchev–Trinajstić information content (AvgIpc) is 2.72. The highest BCUT2D eigenvalue weighted by atomic mass is 16.5. The molecule has 16 heavy (non-hydrogen) atoms. The van der Waals surface area contributed by atoms with E-state index in [4.69, 9.17) is 10.00 Å². The van der Waals surface area contributed by atoms with Gasteiger partial charge in [0.05, 0.1) is 18.1 Å². The molecule has 1 heterocycles. The number of nitrogens with zero attached hydrogens (tertiary/aromatic N) is 2. The van der Waals surface area contributed by atoms with Gasteiger partial charge in [0.15, 0.2) is 0 Å². The summed E-state index contributed by atoms with van der Waals surface area (Å²) in [7, 11) is 1.68. The second-order valence-corrected chi connectivity index (χ2v) is 4.19. The maximum atomic E-state index is 8.99. The number of nitriles is 1. The van der Waals surface area contributed by atoms with Gasteiger partial charge in [0.2, 0.25) is 0 Å². The largest absolute Gasteiger partial charge is 0.379 e. The van der Waals surface area contributed by atoms with Crippen LogP contribution in [0.4, 0.5) is 0 Å². The molecule has 1 fully saturated rings. The van der Waals surface area contributed by atoms with Gasteiger partial charge in [-0.3, -0.25) is 4.90 Å². The predicted molar refractivity (Wildman–Crippen MR) is 61.6 cm³/mol. The second kappa shape index (κ2) is 5.11. The zero-order chi connectivity index (χ0) is 11.4. The third-order valence-corrected chi connectivity index (χ3v) is 3.06. The molecule has 0 bridgehead atoms. The molecule has 0 aliphatic carbocycles. The van der Waals surface area contributed by atoms with Crippen LogP contribution in [0.5, 0.6) is 0 Å². The Hall–Kier alpha value is -1.37. The third-order valence-electron chi connectivity index (χ3n) is 3.06. The molecular weight excluding hydrogens is 200 g/mol. The topological polar surface area (TPSA) is 36.3 Å². The van der Waals surface area contributed by atoms with E-state index in [2.05, 4.69) is 23.1 Å². The fourth-order valence-corrected chi connectivity index (χ4v) is 2.19. The molecule has 1 saturated heterocycles. The van der Waals surface area contributed by atoms with Crippen LogP contribution in [0, 0.1) is 17.2 Å². The number of rotatable bonds is 3. The highest BCUT2D eigenvalue weighted by molar-refractivity contribution is 5.15. The van der Waals surface area contributed by atoms with E-state index in [0.29, 0.717) is 0 Å². The first-order valence-corrected chi connectivity index (χ1v) is 5.52. The van der Waals surface area contributed by atoms with Gasteiger partial charge in [-0.25, -0.2) is 0 Å². The van der Waals surface area contributed by atoms with Crippen molar-refractivity contribution < 1.29 is 4.74 Å². The van der Waals surface area contributed by atoms with Crippen LogP contribution < -0.4 is 0 Å². The minimum atomic E-state index is 0.00807. The van der Waals surface area contributed by atoms with Gasteiger partial charge in [0, 0.05) is 26.7 Å². The minimum absolute atomic E-state index is 0.00807. The first-order valence-electron chi connectivity index (χ1n) is 5.52. The molecule has 84 valence electrons. The van der Waals surface area contributed by atoms with Crippen LogP contribution in [0.15, 0.2) is 30.3 Å². The summed E-state index contributed by atoms with van der Waals surface area (Å²) in [6.45, 7) is 2.56. The molecule has 1 aliphatic rings. The first-order chi connectivity index (χ1) is 7.83. The van der Waals surface area contributed by atoms with Crippen molar-refractivity contribution in [1.82, 2.24) is 4.90 Å². The average molecular weight is 216 g/mol. The molecule has 0 saturated carbocycles. The lowest BCUT2D eigenvalue weighted by Crippen LogP contribution is -2.22. The van der Waals surface area contributed by atoms with Gasteiger partial charge in [-0.1, -0.05) is 30.3 Å². The van der Waals surface area contributed by atoms with Crippen LogP contribution >= 0.6 is 0 Å². The van der Waals surface area contributed by atoms with Gasteiger partial charge >= 0.3 is 0 Å². The predicted octanol–water partition coefficient (Wildman–Crippen LogP) is 1.66. The number of ether oxygens (including phenoxy) is 1. The summed E-state index contributed by atoms with van der Waals surface area (Å²) in [4.78, 5) is 2.28. The molecule has 0 spiro atoms. The summed E-state index contributed by atoms with van der Waals surface area (Å²) in [5, 5.41) is 8.99. The van der Waals surface area contributed by atoms with Gasteiger partial charge in [0.25, 0.3) is 0 Å². The summed E-state index contributed by atoms with van der Waals surface area (Å²) in [6, 6.07) is 12.6. The van der Waals surface area contributed by atoms with Gasteiger partial charge < -0.3 is 4.74 Å². The minimum Gasteiger partial charge on any atom is -0.379 e. The Morgan fingerprint density at radius 3 is 2.69 bits per heavy atom. The van der Waals surface area contributed by atoms with Crippen LogP contribution in [0.25, 0.3) is 0 Å². The van der Waals surface area contributed by atoms with Crippen molar-refractivity contribution in [2.24, 2.45) is 5.92 Å². The number of likely N-dealkylation sites (tertiary alicyclic amines) is 1. The molecular formula is C13H16N2O. The number of methoxy groups -OCH3 is 1. The summed E-state index contributed by atoms with van der Waals surface area (Å²) in [5.74, 6) is 0.00807. The van der Waals surface area contributed by atoms with E-state index < -0.39 is 0 Å². The molecule has 2 atom stereocenters. The SMILES string of the molecule is CO[C@H]1CN(Cc2ccccc2)C[C@H]1C#N. The van der Waals surface area contributed by atoms with Gasteiger partial charge in [-0.15, -0.1) is 0 Å². The Balaban J connectivity index is 1.96. The lowest BCUT2D eigenvalue weighted by molar-refractivity contribution is 0.0918. The third kappa shape index (κ3) is 2.41. The summed E-state index contributed by atoms with van der Waals surface area (Å²) in [6.07, 6.45) is 0.0636. The molecule has 1 aliphatic heterocycles. The highest BCUT2D eigenvalue weighted by Crippen LogP contribution is 2.20. The lowest BCUT2D eigenvalue weighted by Gasteiger charge is -2.14. The van der Waals surface area contributed by atoms with Crippen molar-refractivity contribution >= 4 is 0 Å².